The van der Waals surface area contributed by atoms with E-state index in [1.54, 1.807) is 7.11 Å². The first-order valence-corrected chi connectivity index (χ1v) is 6.47. The summed E-state index contributed by atoms with van der Waals surface area (Å²) in [6.45, 7) is 2.96. The number of ether oxygens (including phenoxy) is 1. The minimum absolute atomic E-state index is 0.0738. The summed E-state index contributed by atoms with van der Waals surface area (Å²) in [6.07, 6.45) is 7.37. The van der Waals surface area contributed by atoms with E-state index in [0.717, 1.165) is 24.9 Å². The lowest BCUT2D eigenvalue weighted by molar-refractivity contribution is 0.397. The van der Waals surface area contributed by atoms with Crippen molar-refractivity contribution in [1.29, 1.82) is 0 Å². The van der Waals surface area contributed by atoms with E-state index in [-0.39, 0.29) is 6.04 Å². The van der Waals surface area contributed by atoms with Crippen molar-refractivity contribution >= 4 is 0 Å². The average molecular weight is 260 g/mol. The molecule has 0 aromatic carbocycles. The first-order valence-electron chi connectivity index (χ1n) is 6.47. The molecule has 0 fully saturated rings. The molecule has 2 rings (SSSR count). The minimum atomic E-state index is 0.0738. The molecule has 19 heavy (non-hydrogen) atoms. The van der Waals surface area contributed by atoms with Crippen LogP contribution in [-0.4, -0.2) is 27.9 Å². The maximum Gasteiger partial charge on any atom is 0.212 e. The number of nitrogens with two attached hydrogens (primary N) is 1. The Morgan fingerprint density at radius 1 is 1.26 bits per heavy atom. The van der Waals surface area contributed by atoms with Crippen LogP contribution in [0.4, 0.5) is 0 Å². The number of rotatable bonds is 6. The highest BCUT2D eigenvalue weighted by molar-refractivity contribution is 5.19. The van der Waals surface area contributed by atoms with E-state index in [1.165, 1.54) is 5.56 Å². The van der Waals surface area contributed by atoms with Crippen LogP contribution in [0.25, 0.3) is 0 Å². The van der Waals surface area contributed by atoms with Crippen molar-refractivity contribution in [3.63, 3.8) is 0 Å². The van der Waals surface area contributed by atoms with Crippen LogP contribution in [-0.2, 0) is 19.4 Å². The summed E-state index contributed by atoms with van der Waals surface area (Å²) < 4.78 is 6.95. The molecule has 0 saturated carbocycles. The molecule has 5 nitrogen and oxygen atoms in total. The minimum Gasteiger partial charge on any atom is -0.481 e. The zero-order valence-corrected chi connectivity index (χ0v) is 11.4. The largest absolute Gasteiger partial charge is 0.481 e. The molecule has 1 atom stereocenters. The maximum absolute atomic E-state index is 6.16. The topological polar surface area (TPSA) is 66.0 Å². The average Bonchev–Trinajstić information content (AvgIpc) is 2.87. The van der Waals surface area contributed by atoms with Gasteiger partial charge in [0.25, 0.3) is 0 Å². The van der Waals surface area contributed by atoms with Gasteiger partial charge in [-0.1, -0.05) is 6.07 Å². The molecule has 1 unspecified atom stereocenters. The van der Waals surface area contributed by atoms with Gasteiger partial charge in [0.05, 0.1) is 13.3 Å². The zero-order chi connectivity index (χ0) is 13.7. The van der Waals surface area contributed by atoms with Crippen molar-refractivity contribution < 1.29 is 4.74 Å². The van der Waals surface area contributed by atoms with Gasteiger partial charge in [-0.15, -0.1) is 0 Å². The van der Waals surface area contributed by atoms with E-state index >= 15 is 0 Å². The smallest absolute Gasteiger partial charge is 0.212 e. The van der Waals surface area contributed by atoms with Crippen LogP contribution in [0.15, 0.2) is 30.7 Å². The Bertz CT molecular complexity index is 506. The lowest BCUT2D eigenvalue weighted by Gasteiger charge is -2.10. The lowest BCUT2D eigenvalue weighted by atomic mass is 10.0. The molecule has 2 aromatic heterocycles. The van der Waals surface area contributed by atoms with Gasteiger partial charge in [-0.3, -0.25) is 4.68 Å². The van der Waals surface area contributed by atoms with Crippen molar-refractivity contribution in [2.24, 2.45) is 5.73 Å². The molecule has 102 valence electrons. The van der Waals surface area contributed by atoms with Gasteiger partial charge in [0.15, 0.2) is 0 Å². The molecule has 5 heteroatoms. The molecule has 0 aliphatic carbocycles. The Hall–Kier alpha value is -1.88. The maximum atomic E-state index is 6.16. The van der Waals surface area contributed by atoms with Gasteiger partial charge in [0, 0.05) is 31.0 Å². The highest BCUT2D eigenvalue weighted by Crippen LogP contribution is 2.10. The lowest BCUT2D eigenvalue weighted by Crippen LogP contribution is -2.25. The number of nitrogens with zero attached hydrogens (tertiary/aromatic N) is 3. The molecule has 0 saturated heterocycles. The van der Waals surface area contributed by atoms with Gasteiger partial charge in [-0.05, 0) is 30.9 Å². The second-order valence-corrected chi connectivity index (χ2v) is 4.58. The molecular weight excluding hydrogens is 240 g/mol. The third kappa shape index (κ3) is 3.79. The number of aromatic nitrogens is 3. The van der Waals surface area contributed by atoms with E-state index in [2.05, 4.69) is 17.0 Å². The first-order chi connectivity index (χ1) is 9.21. The zero-order valence-electron chi connectivity index (χ0n) is 11.4. The van der Waals surface area contributed by atoms with Gasteiger partial charge < -0.3 is 10.5 Å². The van der Waals surface area contributed by atoms with Crippen molar-refractivity contribution in [2.75, 3.05) is 7.11 Å². The van der Waals surface area contributed by atoms with Crippen LogP contribution in [0.3, 0.4) is 0 Å². The van der Waals surface area contributed by atoms with Gasteiger partial charge in [-0.2, -0.15) is 5.10 Å². The van der Waals surface area contributed by atoms with E-state index in [9.17, 15) is 0 Å². The van der Waals surface area contributed by atoms with Gasteiger partial charge >= 0.3 is 0 Å². The van der Waals surface area contributed by atoms with Gasteiger partial charge in [0.1, 0.15) is 0 Å². The van der Waals surface area contributed by atoms with E-state index in [4.69, 9.17) is 10.5 Å². The predicted octanol–water partition coefficient (Wildman–Crippen LogP) is 1.42. The van der Waals surface area contributed by atoms with Crippen LogP contribution in [0.1, 0.15) is 18.1 Å². The Balaban J connectivity index is 1.90. The fraction of sp³-hybridized carbons (Fsp3) is 0.429. The molecule has 2 heterocycles. The summed E-state index contributed by atoms with van der Waals surface area (Å²) in [5.41, 5.74) is 8.46. The molecule has 0 amide bonds. The fourth-order valence-corrected chi connectivity index (χ4v) is 2.01. The number of methoxy groups -OCH3 is 1. The molecule has 0 aliphatic heterocycles. The van der Waals surface area contributed by atoms with Crippen LogP contribution in [0.2, 0.25) is 0 Å². The third-order valence-corrected chi connectivity index (χ3v) is 3.01. The summed E-state index contributed by atoms with van der Waals surface area (Å²) in [6, 6.07) is 3.93. The van der Waals surface area contributed by atoms with Crippen LogP contribution in [0, 0.1) is 0 Å². The highest BCUT2D eigenvalue weighted by atomic mass is 16.5. The van der Waals surface area contributed by atoms with Gasteiger partial charge in [0.2, 0.25) is 5.88 Å². The van der Waals surface area contributed by atoms with E-state index in [0.29, 0.717) is 5.88 Å². The van der Waals surface area contributed by atoms with E-state index < -0.39 is 0 Å². The predicted molar refractivity (Wildman–Crippen MR) is 74.1 cm³/mol. The normalized spacial score (nSPS) is 12.4. The van der Waals surface area contributed by atoms with Crippen LogP contribution < -0.4 is 10.5 Å². The van der Waals surface area contributed by atoms with E-state index in [1.807, 2.05) is 35.4 Å². The third-order valence-electron chi connectivity index (χ3n) is 3.01. The number of hydrogen-bond acceptors (Lipinski definition) is 4. The molecule has 2 N–H and O–H groups in total. The number of aryl methyl sites for hydroxylation is 1. The van der Waals surface area contributed by atoms with Crippen molar-refractivity contribution in [1.82, 2.24) is 14.8 Å². The molecule has 0 radical (unpaired) electrons. The monoisotopic (exact) mass is 260 g/mol. The standard InChI is InChI=1S/C14H20N4O/c1-3-18-10-12(9-17-18)7-13(15)6-11-4-5-14(19-2)16-8-11/h4-5,8-10,13H,3,6-7,15H2,1-2H3. The summed E-state index contributed by atoms with van der Waals surface area (Å²) in [5, 5.41) is 4.25. The molecule has 0 spiro atoms. The summed E-state index contributed by atoms with van der Waals surface area (Å²) in [7, 11) is 1.61. The molecule has 2 aromatic rings. The highest BCUT2D eigenvalue weighted by Gasteiger charge is 2.08. The van der Waals surface area contributed by atoms with Crippen LogP contribution in [0.5, 0.6) is 5.88 Å². The summed E-state index contributed by atoms with van der Waals surface area (Å²) >= 11 is 0. The number of hydrogen-bond donors (Lipinski definition) is 1. The molecular formula is C14H20N4O. The fourth-order valence-electron chi connectivity index (χ4n) is 2.01. The molecule has 0 bridgehead atoms. The summed E-state index contributed by atoms with van der Waals surface area (Å²) in [5.74, 6) is 0.626. The van der Waals surface area contributed by atoms with Crippen molar-refractivity contribution in [3.8, 4) is 5.88 Å². The van der Waals surface area contributed by atoms with Crippen LogP contribution >= 0.6 is 0 Å². The first kappa shape index (κ1) is 13.5. The Labute approximate surface area is 113 Å². The SMILES string of the molecule is CCn1cc(CC(N)Cc2ccc(OC)nc2)cn1. The quantitative estimate of drug-likeness (QED) is 0.853. The summed E-state index contributed by atoms with van der Waals surface area (Å²) in [4.78, 5) is 4.18. The second kappa shape index (κ2) is 6.33. The van der Waals surface area contributed by atoms with Gasteiger partial charge in [-0.25, -0.2) is 4.98 Å². The Morgan fingerprint density at radius 3 is 2.63 bits per heavy atom. The number of pyridine rings is 1. The Kier molecular flexibility index (Phi) is 4.52. The molecule has 0 aliphatic rings. The van der Waals surface area contributed by atoms with Crippen molar-refractivity contribution in [3.05, 3.63) is 41.9 Å². The second-order valence-electron chi connectivity index (χ2n) is 4.58. The van der Waals surface area contributed by atoms with Crippen molar-refractivity contribution in [2.45, 2.75) is 32.4 Å². The Morgan fingerprint density at radius 2 is 2.05 bits per heavy atom.